The van der Waals surface area contributed by atoms with Crippen molar-refractivity contribution in [2.45, 2.75) is 13.8 Å². The lowest BCUT2D eigenvalue weighted by Crippen LogP contribution is -2.30. The van der Waals surface area contributed by atoms with E-state index in [-0.39, 0.29) is 0 Å². The van der Waals surface area contributed by atoms with Gasteiger partial charge >= 0.3 is 0 Å². The molecule has 0 fully saturated rings. The van der Waals surface area contributed by atoms with Crippen LogP contribution in [0.25, 0.3) is 32.9 Å². The highest BCUT2D eigenvalue weighted by atomic mass is 14.9. The summed E-state index contributed by atoms with van der Waals surface area (Å²) in [4.78, 5) is 0. The molecule has 0 aliphatic carbocycles. The van der Waals surface area contributed by atoms with Gasteiger partial charge in [0.25, 0.3) is 0 Å². The molecule has 3 aromatic carbocycles. The predicted octanol–water partition coefficient (Wildman–Crippen LogP) is 5.10. The van der Waals surface area contributed by atoms with E-state index in [1.54, 1.807) is 0 Å². The van der Waals surface area contributed by atoms with E-state index in [0.717, 1.165) is 0 Å². The fourth-order valence-corrected chi connectivity index (χ4v) is 3.71. The van der Waals surface area contributed by atoms with Crippen molar-refractivity contribution in [1.29, 1.82) is 0 Å². The first-order valence-electron chi connectivity index (χ1n) is 8.04. The van der Waals surface area contributed by atoms with Gasteiger partial charge < -0.3 is 0 Å². The molecule has 4 aromatic rings. The summed E-state index contributed by atoms with van der Waals surface area (Å²) in [6.45, 7) is 4.41. The van der Waals surface area contributed by atoms with Crippen LogP contribution in [-0.2, 0) is 7.05 Å². The molecular weight excluding hydrogens is 278 g/mol. The monoisotopic (exact) mass is 298 g/mol. The van der Waals surface area contributed by atoms with Crippen LogP contribution < -0.4 is 4.57 Å². The standard InChI is InChI=1S/C22H20N/c1-15-9-8-10-16(2)21(15)22-17-11-4-6-13-19(17)23(3)20-14-7-5-12-18(20)22/h4-14H,1-3H3/q+1. The average molecular weight is 298 g/mol. The minimum absolute atomic E-state index is 1.27. The van der Waals surface area contributed by atoms with Crippen LogP contribution in [0.4, 0.5) is 0 Å². The van der Waals surface area contributed by atoms with E-state index < -0.39 is 0 Å². The van der Waals surface area contributed by atoms with Gasteiger partial charge in [-0.05, 0) is 42.7 Å². The van der Waals surface area contributed by atoms with Crippen LogP contribution in [-0.4, -0.2) is 0 Å². The number of nitrogens with zero attached hydrogens (tertiary/aromatic N) is 1. The van der Waals surface area contributed by atoms with Crippen molar-refractivity contribution in [2.75, 3.05) is 0 Å². The third-order valence-electron chi connectivity index (χ3n) is 4.80. The van der Waals surface area contributed by atoms with Crippen LogP contribution in [0.3, 0.4) is 0 Å². The molecule has 1 aromatic heterocycles. The van der Waals surface area contributed by atoms with Gasteiger partial charge in [0.05, 0.1) is 10.8 Å². The van der Waals surface area contributed by atoms with Gasteiger partial charge in [-0.2, -0.15) is 4.57 Å². The van der Waals surface area contributed by atoms with E-state index in [9.17, 15) is 0 Å². The maximum Gasteiger partial charge on any atom is 0.213 e. The Morgan fingerprint density at radius 1 is 0.565 bits per heavy atom. The molecular formula is C22H20N+. The van der Waals surface area contributed by atoms with E-state index >= 15 is 0 Å². The Morgan fingerprint density at radius 3 is 1.57 bits per heavy atom. The van der Waals surface area contributed by atoms with Crippen molar-refractivity contribution >= 4 is 21.8 Å². The fourth-order valence-electron chi connectivity index (χ4n) is 3.71. The van der Waals surface area contributed by atoms with Gasteiger partial charge in [0, 0.05) is 17.7 Å². The quantitative estimate of drug-likeness (QED) is 0.340. The Bertz CT molecular complexity index is 967. The minimum atomic E-state index is 1.27. The largest absolute Gasteiger partial charge is 0.213 e. The molecule has 0 bridgehead atoms. The molecule has 23 heavy (non-hydrogen) atoms. The van der Waals surface area contributed by atoms with Crippen molar-refractivity contribution in [3.05, 3.63) is 77.9 Å². The maximum absolute atomic E-state index is 2.29. The van der Waals surface area contributed by atoms with Crippen LogP contribution in [0.5, 0.6) is 0 Å². The number of pyridine rings is 1. The van der Waals surface area contributed by atoms with Gasteiger partial charge in [0.2, 0.25) is 11.0 Å². The Morgan fingerprint density at radius 2 is 1.04 bits per heavy atom. The molecule has 0 aliphatic heterocycles. The lowest BCUT2D eigenvalue weighted by atomic mass is 9.90. The minimum Gasteiger partial charge on any atom is -0.194 e. The molecule has 0 amide bonds. The Kier molecular flexibility index (Phi) is 3.16. The first kappa shape index (κ1) is 14.0. The molecule has 0 saturated carbocycles. The van der Waals surface area contributed by atoms with Crippen LogP contribution >= 0.6 is 0 Å². The number of benzene rings is 3. The van der Waals surface area contributed by atoms with Gasteiger partial charge in [0.1, 0.15) is 7.05 Å². The third-order valence-corrected chi connectivity index (χ3v) is 4.80. The van der Waals surface area contributed by atoms with E-state index in [1.165, 1.54) is 44.1 Å². The second-order valence-corrected chi connectivity index (χ2v) is 6.24. The molecule has 112 valence electrons. The number of aryl methyl sites for hydroxylation is 3. The second-order valence-electron chi connectivity index (χ2n) is 6.24. The van der Waals surface area contributed by atoms with E-state index in [1.807, 2.05) is 0 Å². The third kappa shape index (κ3) is 2.04. The van der Waals surface area contributed by atoms with E-state index in [4.69, 9.17) is 0 Å². The molecule has 4 rings (SSSR count). The summed E-state index contributed by atoms with van der Waals surface area (Å²) in [5.41, 5.74) is 7.90. The van der Waals surface area contributed by atoms with E-state index in [0.29, 0.717) is 0 Å². The number of hydrogen-bond donors (Lipinski definition) is 0. The summed E-state index contributed by atoms with van der Waals surface area (Å²) in [5, 5.41) is 2.62. The van der Waals surface area contributed by atoms with Gasteiger partial charge in [0.15, 0.2) is 0 Å². The van der Waals surface area contributed by atoms with Crippen LogP contribution in [0.1, 0.15) is 11.1 Å². The number of hydrogen-bond acceptors (Lipinski definition) is 0. The smallest absolute Gasteiger partial charge is 0.194 e. The fraction of sp³-hybridized carbons (Fsp3) is 0.136. The van der Waals surface area contributed by atoms with Crippen molar-refractivity contribution < 1.29 is 4.57 Å². The molecule has 0 unspecified atom stereocenters. The highest BCUT2D eigenvalue weighted by Crippen LogP contribution is 2.37. The van der Waals surface area contributed by atoms with Crippen LogP contribution in [0, 0.1) is 13.8 Å². The molecule has 0 saturated heterocycles. The zero-order valence-corrected chi connectivity index (χ0v) is 13.8. The normalized spacial score (nSPS) is 11.3. The highest BCUT2D eigenvalue weighted by Gasteiger charge is 2.20. The Balaban J connectivity index is 2.31. The zero-order valence-electron chi connectivity index (χ0n) is 13.8. The molecule has 1 heterocycles. The van der Waals surface area contributed by atoms with Gasteiger partial charge in [-0.15, -0.1) is 0 Å². The van der Waals surface area contributed by atoms with Crippen molar-refractivity contribution in [2.24, 2.45) is 7.05 Å². The number of rotatable bonds is 1. The zero-order chi connectivity index (χ0) is 16.0. The predicted molar refractivity (Wildman–Crippen MR) is 97.5 cm³/mol. The summed E-state index contributed by atoms with van der Waals surface area (Å²) in [6.07, 6.45) is 0. The molecule has 0 atom stereocenters. The lowest BCUT2D eigenvalue weighted by molar-refractivity contribution is -0.617. The van der Waals surface area contributed by atoms with Crippen LogP contribution in [0.2, 0.25) is 0 Å². The highest BCUT2D eigenvalue weighted by molar-refractivity contribution is 6.08. The summed E-state index contributed by atoms with van der Waals surface area (Å²) >= 11 is 0. The molecule has 1 heteroatoms. The summed E-state index contributed by atoms with van der Waals surface area (Å²) in [6, 6.07) is 23.9. The molecule has 1 nitrogen and oxygen atoms in total. The maximum atomic E-state index is 2.29. The Hall–Kier alpha value is -2.67. The van der Waals surface area contributed by atoms with Gasteiger partial charge in [-0.25, -0.2) is 0 Å². The molecule has 0 N–H and O–H groups in total. The molecule has 0 spiro atoms. The molecule has 0 aliphatic rings. The van der Waals surface area contributed by atoms with Crippen molar-refractivity contribution in [3.8, 4) is 11.1 Å². The van der Waals surface area contributed by atoms with E-state index in [2.05, 4.69) is 92.2 Å². The topological polar surface area (TPSA) is 3.88 Å². The first-order chi connectivity index (χ1) is 11.2. The average Bonchev–Trinajstić information content (AvgIpc) is 2.57. The number of aromatic nitrogens is 1. The SMILES string of the molecule is Cc1cccc(C)c1-c1c2ccccc2[n+](C)c2ccccc12. The van der Waals surface area contributed by atoms with Gasteiger partial charge in [-0.1, -0.05) is 42.5 Å². The summed E-state index contributed by atoms with van der Waals surface area (Å²) < 4.78 is 2.29. The van der Waals surface area contributed by atoms with Crippen molar-refractivity contribution in [1.82, 2.24) is 0 Å². The molecule has 0 radical (unpaired) electrons. The van der Waals surface area contributed by atoms with Crippen LogP contribution in [0.15, 0.2) is 66.7 Å². The first-order valence-corrected chi connectivity index (χ1v) is 8.04. The summed E-state index contributed by atoms with van der Waals surface area (Å²) in [7, 11) is 2.15. The Labute approximate surface area is 136 Å². The number of para-hydroxylation sites is 2. The van der Waals surface area contributed by atoms with Gasteiger partial charge in [-0.3, -0.25) is 0 Å². The van der Waals surface area contributed by atoms with Crippen molar-refractivity contribution in [3.63, 3.8) is 0 Å². The lowest BCUT2D eigenvalue weighted by Gasteiger charge is -2.15. The second kappa shape index (κ2) is 5.20. The number of fused-ring (bicyclic) bond motifs is 2. The summed E-state index contributed by atoms with van der Waals surface area (Å²) in [5.74, 6) is 0.